The Morgan fingerprint density at radius 1 is 1.07 bits per heavy atom. The molecule has 2 rings (SSSR count). The fourth-order valence-corrected chi connectivity index (χ4v) is 5.78. The van der Waals surface area contributed by atoms with Crippen LogP contribution in [0.5, 0.6) is 0 Å². The largest absolute Gasteiger partial charge is 0.344 e. The predicted octanol–water partition coefficient (Wildman–Crippen LogP) is 3.34. The summed E-state index contributed by atoms with van der Waals surface area (Å²) in [5.74, 6) is 0.940. The SMILES string of the molecule is CCOP(=O)(CN1CCN(CC[C@@H](N)CSc2ccccc2)CC1)OCC. The van der Waals surface area contributed by atoms with Gasteiger partial charge in [-0.05, 0) is 38.9 Å². The van der Waals surface area contributed by atoms with E-state index in [0.29, 0.717) is 19.5 Å². The van der Waals surface area contributed by atoms with E-state index in [2.05, 4.69) is 34.1 Å². The van der Waals surface area contributed by atoms with Crippen LogP contribution in [0.1, 0.15) is 20.3 Å². The van der Waals surface area contributed by atoms with Gasteiger partial charge in [0, 0.05) is 42.9 Å². The van der Waals surface area contributed by atoms with Gasteiger partial charge in [0.15, 0.2) is 0 Å². The van der Waals surface area contributed by atoms with Gasteiger partial charge in [-0.15, -0.1) is 11.8 Å². The summed E-state index contributed by atoms with van der Waals surface area (Å²) in [6.07, 6.45) is 1.38. The van der Waals surface area contributed by atoms with Crippen LogP contribution in [0.4, 0.5) is 0 Å². The second-order valence-electron chi connectivity index (χ2n) is 6.72. The maximum Gasteiger partial charge on any atom is 0.344 e. The summed E-state index contributed by atoms with van der Waals surface area (Å²) in [5.41, 5.74) is 6.29. The van der Waals surface area contributed by atoms with Gasteiger partial charge in [-0.3, -0.25) is 9.46 Å². The third-order valence-corrected chi connectivity index (χ3v) is 7.76. The number of hydrogen-bond acceptors (Lipinski definition) is 7. The van der Waals surface area contributed by atoms with Crippen LogP contribution in [0.15, 0.2) is 35.2 Å². The highest BCUT2D eigenvalue weighted by atomic mass is 32.2. The average molecular weight is 416 g/mol. The normalized spacial score (nSPS) is 17.9. The molecule has 0 radical (unpaired) electrons. The Bertz CT molecular complexity index is 561. The van der Waals surface area contributed by atoms with Gasteiger partial charge in [0.2, 0.25) is 0 Å². The van der Waals surface area contributed by atoms with Crippen molar-refractivity contribution in [1.29, 1.82) is 0 Å². The maximum absolute atomic E-state index is 12.6. The van der Waals surface area contributed by atoms with Crippen LogP contribution in [0.3, 0.4) is 0 Å². The van der Waals surface area contributed by atoms with E-state index >= 15 is 0 Å². The second-order valence-corrected chi connectivity index (χ2v) is 9.83. The van der Waals surface area contributed by atoms with Gasteiger partial charge < -0.3 is 19.7 Å². The van der Waals surface area contributed by atoms with E-state index in [1.54, 1.807) is 0 Å². The van der Waals surface area contributed by atoms with Crippen LogP contribution in [0.2, 0.25) is 0 Å². The lowest BCUT2D eigenvalue weighted by atomic mass is 10.2. The van der Waals surface area contributed by atoms with E-state index in [-0.39, 0.29) is 6.04 Å². The fourth-order valence-electron chi connectivity index (χ4n) is 3.06. The fraction of sp³-hybridized carbons (Fsp3) is 0.684. The Hall–Kier alpha value is -0.400. The minimum Gasteiger partial charge on any atom is -0.327 e. The molecule has 0 saturated carbocycles. The smallest absolute Gasteiger partial charge is 0.327 e. The van der Waals surface area contributed by atoms with Gasteiger partial charge in [0.05, 0.1) is 13.2 Å². The predicted molar refractivity (Wildman–Crippen MR) is 113 cm³/mol. The molecule has 0 aliphatic carbocycles. The average Bonchev–Trinajstić information content (AvgIpc) is 2.67. The third-order valence-electron chi connectivity index (χ3n) is 4.51. The van der Waals surface area contributed by atoms with Gasteiger partial charge in [0.1, 0.15) is 6.29 Å². The molecule has 1 aromatic rings. The Morgan fingerprint density at radius 3 is 2.26 bits per heavy atom. The van der Waals surface area contributed by atoms with Gasteiger partial charge in [-0.2, -0.15) is 0 Å². The molecule has 1 fully saturated rings. The molecule has 1 aliphatic rings. The summed E-state index contributed by atoms with van der Waals surface area (Å²) in [4.78, 5) is 5.90. The second kappa shape index (κ2) is 12.2. The molecule has 0 spiro atoms. The molecule has 1 heterocycles. The molecule has 1 atom stereocenters. The zero-order valence-electron chi connectivity index (χ0n) is 16.6. The van der Waals surface area contributed by atoms with Crippen molar-refractivity contribution in [2.24, 2.45) is 5.73 Å². The van der Waals surface area contributed by atoms with E-state index in [1.165, 1.54) is 4.90 Å². The first-order valence-electron chi connectivity index (χ1n) is 9.81. The van der Waals surface area contributed by atoms with Crippen molar-refractivity contribution >= 4 is 19.4 Å². The lowest BCUT2D eigenvalue weighted by Crippen LogP contribution is -2.47. The molecule has 1 aromatic carbocycles. The van der Waals surface area contributed by atoms with Crippen molar-refractivity contribution in [3.8, 4) is 0 Å². The number of nitrogens with two attached hydrogens (primary N) is 1. The molecule has 2 N–H and O–H groups in total. The Labute approximate surface area is 168 Å². The first kappa shape index (κ1) is 22.9. The lowest BCUT2D eigenvalue weighted by Gasteiger charge is -2.36. The first-order valence-corrected chi connectivity index (χ1v) is 12.5. The van der Waals surface area contributed by atoms with Crippen LogP contribution < -0.4 is 5.73 Å². The van der Waals surface area contributed by atoms with Crippen LogP contribution in [-0.4, -0.2) is 73.8 Å². The Kier molecular flexibility index (Phi) is 10.4. The quantitative estimate of drug-likeness (QED) is 0.415. The molecular weight excluding hydrogens is 381 g/mol. The van der Waals surface area contributed by atoms with Gasteiger partial charge in [-0.1, -0.05) is 18.2 Å². The molecule has 1 aliphatic heterocycles. The van der Waals surface area contributed by atoms with E-state index in [4.69, 9.17) is 14.8 Å². The molecule has 8 heteroatoms. The highest BCUT2D eigenvalue weighted by Crippen LogP contribution is 2.48. The first-order chi connectivity index (χ1) is 13.0. The number of piperazine rings is 1. The number of nitrogens with zero attached hydrogens (tertiary/aromatic N) is 2. The zero-order chi connectivity index (χ0) is 19.5. The summed E-state index contributed by atoms with van der Waals surface area (Å²) < 4.78 is 23.5. The molecule has 154 valence electrons. The standard InChI is InChI=1S/C19H34N3O3PS/c1-3-24-26(23,25-4-2)17-22-14-12-21(13-15-22)11-10-18(20)16-27-19-8-6-5-7-9-19/h5-9,18H,3-4,10-17,20H2,1-2H3/t18-/m1/s1. The van der Waals surface area contributed by atoms with Crippen LogP contribution >= 0.6 is 19.4 Å². The molecule has 0 amide bonds. The van der Waals surface area contributed by atoms with Gasteiger partial charge in [-0.25, -0.2) is 0 Å². The Balaban J connectivity index is 1.64. The third kappa shape index (κ3) is 8.65. The number of benzene rings is 1. The highest BCUT2D eigenvalue weighted by molar-refractivity contribution is 7.99. The molecular formula is C19H34N3O3PS. The molecule has 0 bridgehead atoms. The summed E-state index contributed by atoms with van der Waals surface area (Å²) >= 11 is 1.82. The van der Waals surface area contributed by atoms with Crippen LogP contribution in [0.25, 0.3) is 0 Å². The van der Waals surface area contributed by atoms with Crippen LogP contribution in [0, 0.1) is 0 Å². The van der Waals surface area contributed by atoms with Gasteiger partial charge in [0.25, 0.3) is 0 Å². The Morgan fingerprint density at radius 2 is 1.67 bits per heavy atom. The van der Waals surface area contributed by atoms with Crippen molar-refractivity contribution in [3.63, 3.8) is 0 Å². The summed E-state index contributed by atoms with van der Waals surface area (Å²) in [6.45, 7) is 9.25. The number of hydrogen-bond donors (Lipinski definition) is 1. The minimum atomic E-state index is -2.99. The number of thioether (sulfide) groups is 1. The monoisotopic (exact) mass is 415 g/mol. The van der Waals surface area contributed by atoms with E-state index in [9.17, 15) is 4.57 Å². The lowest BCUT2D eigenvalue weighted by molar-refractivity contribution is 0.130. The maximum atomic E-state index is 12.6. The summed E-state index contributed by atoms with van der Waals surface area (Å²) in [6, 6.07) is 10.6. The van der Waals surface area contributed by atoms with Gasteiger partial charge >= 0.3 is 7.60 Å². The molecule has 0 unspecified atom stereocenters. The van der Waals surface area contributed by atoms with Crippen molar-refractivity contribution in [3.05, 3.63) is 30.3 Å². The number of rotatable bonds is 12. The summed E-state index contributed by atoms with van der Waals surface area (Å²) in [7, 11) is -2.99. The zero-order valence-corrected chi connectivity index (χ0v) is 18.3. The molecule has 1 saturated heterocycles. The van der Waals surface area contributed by atoms with Crippen molar-refractivity contribution in [2.75, 3.05) is 58.0 Å². The van der Waals surface area contributed by atoms with E-state index in [0.717, 1.165) is 44.9 Å². The van der Waals surface area contributed by atoms with Crippen LogP contribution in [-0.2, 0) is 13.6 Å². The van der Waals surface area contributed by atoms with Crippen molar-refractivity contribution < 1.29 is 13.6 Å². The highest BCUT2D eigenvalue weighted by Gasteiger charge is 2.29. The van der Waals surface area contributed by atoms with Crippen molar-refractivity contribution in [2.45, 2.75) is 31.2 Å². The molecule has 0 aromatic heterocycles. The molecule has 6 nitrogen and oxygen atoms in total. The minimum absolute atomic E-state index is 0.198. The summed E-state index contributed by atoms with van der Waals surface area (Å²) in [5, 5.41) is 0. The molecule has 27 heavy (non-hydrogen) atoms. The van der Waals surface area contributed by atoms with E-state index < -0.39 is 7.60 Å². The van der Waals surface area contributed by atoms with Crippen molar-refractivity contribution in [1.82, 2.24) is 9.80 Å². The van der Waals surface area contributed by atoms with E-state index in [1.807, 2.05) is 31.7 Å². The topological polar surface area (TPSA) is 68.0 Å².